The Morgan fingerprint density at radius 1 is 1.47 bits per heavy atom. The number of carbonyl (C=O) groups is 1. The molecule has 5 nitrogen and oxygen atoms in total. The van der Waals surface area contributed by atoms with Crippen molar-refractivity contribution < 1.29 is 19.5 Å². The fraction of sp³-hybridized carbons (Fsp3) is 0.200. The number of nitrogens with zero attached hydrogens (tertiary/aromatic N) is 1. The van der Waals surface area contributed by atoms with E-state index in [0.717, 1.165) is 11.1 Å². The molecule has 15 heavy (non-hydrogen) atoms. The fourth-order valence-corrected chi connectivity index (χ4v) is 1.31. The third kappa shape index (κ3) is 2.07. The predicted octanol–water partition coefficient (Wildman–Crippen LogP) is 1.35. The van der Waals surface area contributed by atoms with Crippen molar-refractivity contribution in [3.05, 3.63) is 23.3 Å². The largest absolute Gasteiger partial charge is 0.454 e. The van der Waals surface area contributed by atoms with Crippen LogP contribution in [0.3, 0.4) is 0 Å². The Kier molecular flexibility index (Phi) is 3.68. The number of rotatable bonds is 1. The number of benzene rings is 1. The van der Waals surface area contributed by atoms with Gasteiger partial charge in [0, 0.05) is 5.56 Å². The molecule has 2 rings (SSSR count). The van der Waals surface area contributed by atoms with Crippen molar-refractivity contribution in [1.82, 2.24) is 0 Å². The summed E-state index contributed by atoms with van der Waals surface area (Å²) in [5, 5.41) is 11.4. The molecule has 0 saturated heterocycles. The van der Waals surface area contributed by atoms with Crippen LogP contribution in [0, 0.1) is 6.92 Å². The number of aryl methyl sites for hydroxylation is 1. The molecular formula is C10H11NO4. The van der Waals surface area contributed by atoms with E-state index in [-0.39, 0.29) is 6.79 Å². The first-order chi connectivity index (χ1) is 7.33. The SMILES string of the molecule is C=O.Cc1ccc2c(c1C=NO)OCO2. The Balaban J connectivity index is 0.000000531. The first-order valence-electron chi connectivity index (χ1n) is 4.18. The lowest BCUT2D eigenvalue weighted by molar-refractivity contribution is -0.0979. The molecule has 1 aromatic rings. The lowest BCUT2D eigenvalue weighted by Gasteiger charge is -2.02. The van der Waals surface area contributed by atoms with Crippen molar-refractivity contribution >= 4 is 13.0 Å². The highest BCUT2D eigenvalue weighted by molar-refractivity contribution is 5.86. The van der Waals surface area contributed by atoms with Gasteiger partial charge in [-0.15, -0.1) is 0 Å². The van der Waals surface area contributed by atoms with E-state index in [1.54, 1.807) is 0 Å². The lowest BCUT2D eigenvalue weighted by atomic mass is 10.1. The highest BCUT2D eigenvalue weighted by atomic mass is 16.7. The van der Waals surface area contributed by atoms with Gasteiger partial charge in [0.25, 0.3) is 0 Å². The molecular weight excluding hydrogens is 198 g/mol. The van der Waals surface area contributed by atoms with Crippen LogP contribution in [0.15, 0.2) is 17.3 Å². The highest BCUT2D eigenvalue weighted by Gasteiger charge is 2.18. The van der Waals surface area contributed by atoms with Crippen LogP contribution < -0.4 is 9.47 Å². The highest BCUT2D eigenvalue weighted by Crippen LogP contribution is 2.36. The quantitative estimate of drug-likeness (QED) is 0.430. The Bertz CT molecular complexity index is 376. The van der Waals surface area contributed by atoms with Crippen LogP contribution in [0.4, 0.5) is 0 Å². The second kappa shape index (κ2) is 4.99. The third-order valence-electron chi connectivity index (χ3n) is 1.98. The van der Waals surface area contributed by atoms with Gasteiger partial charge >= 0.3 is 0 Å². The van der Waals surface area contributed by atoms with Gasteiger partial charge in [0.1, 0.15) is 6.79 Å². The average Bonchev–Trinajstić information content (AvgIpc) is 2.73. The molecule has 0 fully saturated rings. The van der Waals surface area contributed by atoms with E-state index in [2.05, 4.69) is 5.16 Å². The van der Waals surface area contributed by atoms with Crippen LogP contribution in [0.25, 0.3) is 0 Å². The summed E-state index contributed by atoms with van der Waals surface area (Å²) in [7, 11) is 0. The minimum Gasteiger partial charge on any atom is -0.454 e. The van der Waals surface area contributed by atoms with Crippen molar-refractivity contribution in [3.63, 3.8) is 0 Å². The second-order valence-corrected chi connectivity index (χ2v) is 2.77. The van der Waals surface area contributed by atoms with E-state index in [0.29, 0.717) is 11.5 Å². The smallest absolute Gasteiger partial charge is 0.231 e. The Morgan fingerprint density at radius 2 is 2.20 bits per heavy atom. The normalized spacial score (nSPS) is 12.3. The van der Waals surface area contributed by atoms with E-state index < -0.39 is 0 Å². The zero-order chi connectivity index (χ0) is 11.3. The maximum Gasteiger partial charge on any atom is 0.231 e. The molecule has 0 spiro atoms. The molecule has 0 aromatic heterocycles. The van der Waals surface area contributed by atoms with Gasteiger partial charge in [-0.1, -0.05) is 11.2 Å². The molecule has 1 aromatic carbocycles. The molecule has 0 aliphatic carbocycles. The summed E-state index contributed by atoms with van der Waals surface area (Å²) in [6, 6.07) is 3.73. The number of oxime groups is 1. The summed E-state index contributed by atoms with van der Waals surface area (Å²) in [5.41, 5.74) is 1.75. The molecule has 0 bridgehead atoms. The van der Waals surface area contributed by atoms with Crippen molar-refractivity contribution in [2.45, 2.75) is 6.92 Å². The second-order valence-electron chi connectivity index (χ2n) is 2.77. The molecule has 1 heterocycles. The number of hydrogen-bond donors (Lipinski definition) is 1. The zero-order valence-electron chi connectivity index (χ0n) is 8.27. The fourth-order valence-electron chi connectivity index (χ4n) is 1.31. The summed E-state index contributed by atoms with van der Waals surface area (Å²) < 4.78 is 10.4. The van der Waals surface area contributed by atoms with Crippen LogP contribution in [-0.2, 0) is 4.79 Å². The minimum atomic E-state index is 0.227. The van der Waals surface area contributed by atoms with Gasteiger partial charge in [-0.05, 0) is 18.6 Å². The maximum atomic E-state index is 8.45. The lowest BCUT2D eigenvalue weighted by Crippen LogP contribution is -1.95. The van der Waals surface area contributed by atoms with E-state index in [1.165, 1.54) is 6.21 Å². The average molecular weight is 209 g/mol. The number of carbonyl (C=O) groups excluding carboxylic acids is 1. The van der Waals surface area contributed by atoms with Crippen LogP contribution in [0.2, 0.25) is 0 Å². The zero-order valence-corrected chi connectivity index (χ0v) is 8.27. The minimum absolute atomic E-state index is 0.227. The van der Waals surface area contributed by atoms with Gasteiger partial charge in [0.05, 0.1) is 6.21 Å². The van der Waals surface area contributed by atoms with E-state index >= 15 is 0 Å². The van der Waals surface area contributed by atoms with Gasteiger partial charge in [0.15, 0.2) is 11.5 Å². The first-order valence-corrected chi connectivity index (χ1v) is 4.18. The molecule has 1 N–H and O–H groups in total. The number of hydrogen-bond acceptors (Lipinski definition) is 5. The van der Waals surface area contributed by atoms with Crippen molar-refractivity contribution in [3.8, 4) is 11.5 Å². The summed E-state index contributed by atoms with van der Waals surface area (Å²) in [6.45, 7) is 4.14. The van der Waals surface area contributed by atoms with Crippen molar-refractivity contribution in [1.29, 1.82) is 0 Å². The Morgan fingerprint density at radius 3 is 2.87 bits per heavy atom. The van der Waals surface area contributed by atoms with Gasteiger partial charge < -0.3 is 19.5 Å². The van der Waals surface area contributed by atoms with Crippen LogP contribution in [0.1, 0.15) is 11.1 Å². The summed E-state index contributed by atoms with van der Waals surface area (Å²) in [4.78, 5) is 8.00. The molecule has 1 aliphatic rings. The van der Waals surface area contributed by atoms with Crippen LogP contribution in [-0.4, -0.2) is 25.0 Å². The van der Waals surface area contributed by atoms with Crippen LogP contribution in [0.5, 0.6) is 11.5 Å². The monoisotopic (exact) mass is 209 g/mol. The van der Waals surface area contributed by atoms with E-state index in [9.17, 15) is 0 Å². The summed E-state index contributed by atoms with van der Waals surface area (Å²) in [5.74, 6) is 1.35. The molecule has 0 saturated carbocycles. The molecule has 80 valence electrons. The van der Waals surface area contributed by atoms with Crippen LogP contribution >= 0.6 is 0 Å². The molecule has 1 aliphatic heterocycles. The number of ether oxygens (including phenoxy) is 2. The number of fused-ring (bicyclic) bond motifs is 1. The Hall–Kier alpha value is -2.04. The third-order valence-corrected chi connectivity index (χ3v) is 1.98. The van der Waals surface area contributed by atoms with Gasteiger partial charge in [-0.2, -0.15) is 0 Å². The Labute approximate surface area is 86.9 Å². The van der Waals surface area contributed by atoms with Gasteiger partial charge in [-0.3, -0.25) is 0 Å². The summed E-state index contributed by atoms with van der Waals surface area (Å²) in [6.07, 6.45) is 1.35. The molecule has 0 unspecified atom stereocenters. The van der Waals surface area contributed by atoms with Gasteiger partial charge in [-0.25, -0.2) is 0 Å². The van der Waals surface area contributed by atoms with Crippen molar-refractivity contribution in [2.24, 2.45) is 5.16 Å². The predicted molar refractivity (Wildman–Crippen MR) is 53.8 cm³/mol. The first kappa shape index (κ1) is 11.0. The molecule has 5 heteroatoms. The topological polar surface area (TPSA) is 68.1 Å². The molecule has 0 atom stereocenters. The van der Waals surface area contributed by atoms with E-state index in [1.807, 2.05) is 25.8 Å². The summed E-state index contributed by atoms with van der Waals surface area (Å²) >= 11 is 0. The maximum absolute atomic E-state index is 8.45. The van der Waals surface area contributed by atoms with Crippen molar-refractivity contribution in [2.75, 3.05) is 6.79 Å². The molecule has 0 radical (unpaired) electrons. The standard InChI is InChI=1S/C9H9NO3.CH2O/c1-6-2-3-8-9(13-5-12-8)7(6)4-10-11;1-2/h2-4,11H,5H2,1H3;1H2. The van der Waals surface area contributed by atoms with E-state index in [4.69, 9.17) is 19.5 Å². The molecule has 0 amide bonds. The van der Waals surface area contributed by atoms with Gasteiger partial charge in [0.2, 0.25) is 6.79 Å².